The Morgan fingerprint density at radius 3 is 2.71 bits per heavy atom. The summed E-state index contributed by atoms with van der Waals surface area (Å²) in [6.45, 7) is 5.86. The predicted octanol–water partition coefficient (Wildman–Crippen LogP) is 1.71. The van der Waals surface area contributed by atoms with Gasteiger partial charge in [0.1, 0.15) is 11.5 Å². The molecule has 3 rings (SSSR count). The minimum absolute atomic E-state index is 0.601. The van der Waals surface area contributed by atoms with Crippen LogP contribution in [0.4, 0.5) is 17.1 Å². The second kappa shape index (κ2) is 7.44. The monoisotopic (exact) mass is 325 g/mol. The number of hydrogen-bond acceptors (Lipinski definition) is 6. The van der Waals surface area contributed by atoms with E-state index in [2.05, 4.69) is 10.2 Å². The van der Waals surface area contributed by atoms with Gasteiger partial charge >= 0.3 is 0 Å². The molecule has 0 bridgehead atoms. The third-order valence-corrected chi connectivity index (χ3v) is 4.26. The first-order chi connectivity index (χ1) is 11.7. The number of aryl methyl sites for hydroxylation is 1. The molecule has 1 fully saturated rings. The first kappa shape index (κ1) is 16.5. The van der Waals surface area contributed by atoms with Crippen molar-refractivity contribution in [1.29, 1.82) is 0 Å². The highest BCUT2D eigenvalue weighted by Crippen LogP contribution is 2.31. The second-order valence-corrected chi connectivity index (χ2v) is 5.91. The fourth-order valence-corrected chi connectivity index (χ4v) is 2.94. The molecule has 3 N–H and O–H groups in total. The smallest absolute Gasteiger partial charge is 0.293 e. The van der Waals surface area contributed by atoms with Crippen LogP contribution in [0.15, 0.2) is 34.7 Å². The molecule has 1 aromatic heterocycles. The maximum Gasteiger partial charge on any atom is 0.293 e. The van der Waals surface area contributed by atoms with Crippen molar-refractivity contribution in [3.05, 3.63) is 41.9 Å². The summed E-state index contributed by atoms with van der Waals surface area (Å²) >= 11 is 0. The number of benzene rings is 1. The Bertz CT molecular complexity index is 696. The lowest BCUT2D eigenvalue weighted by atomic mass is 9.93. The van der Waals surface area contributed by atoms with E-state index in [4.69, 9.17) is 10.2 Å². The Labute approximate surface area is 142 Å². The van der Waals surface area contributed by atoms with Gasteiger partial charge in [-0.15, -0.1) is 0 Å². The summed E-state index contributed by atoms with van der Waals surface area (Å²) in [6.07, 6.45) is 0.838. The maximum atomic E-state index is 10.6. The number of nitrogens with one attached hydrogen (secondary N) is 1. The van der Waals surface area contributed by atoms with E-state index >= 15 is 0 Å². The van der Waals surface area contributed by atoms with Crippen molar-refractivity contribution in [2.24, 2.45) is 0 Å². The molecule has 0 unspecified atom stereocenters. The lowest BCUT2D eigenvalue weighted by molar-refractivity contribution is 0.409. The summed E-state index contributed by atoms with van der Waals surface area (Å²) in [7, 11) is 1.60. The van der Waals surface area contributed by atoms with Crippen LogP contribution in [0.25, 0.3) is 0 Å². The third kappa shape index (κ3) is 3.73. The van der Waals surface area contributed by atoms with Crippen molar-refractivity contribution in [2.45, 2.75) is 13.5 Å². The number of anilines is 3. The molecule has 1 aliphatic heterocycles. The van der Waals surface area contributed by atoms with Crippen molar-refractivity contribution in [1.82, 2.24) is 4.81 Å². The molecular formula is C17H22BN4O2. The van der Waals surface area contributed by atoms with Gasteiger partial charge < -0.3 is 30.0 Å². The van der Waals surface area contributed by atoms with E-state index in [9.17, 15) is 4.79 Å². The quantitative estimate of drug-likeness (QED) is 0.478. The Kier molecular flexibility index (Phi) is 5.10. The van der Waals surface area contributed by atoms with E-state index in [1.165, 1.54) is 0 Å². The van der Waals surface area contributed by atoms with E-state index in [1.807, 2.05) is 42.1 Å². The fraction of sp³-hybridized carbons (Fsp3) is 0.353. The van der Waals surface area contributed by atoms with Gasteiger partial charge in [-0.3, -0.25) is 0 Å². The molecule has 1 saturated heterocycles. The van der Waals surface area contributed by atoms with Gasteiger partial charge in [0.2, 0.25) is 0 Å². The SMILES string of the molecule is Cc1ccc(CNc2cccc(N3CCN([B]C=O)CC3)c2N)o1. The van der Waals surface area contributed by atoms with Gasteiger partial charge in [0.05, 0.1) is 29.8 Å². The normalized spacial score (nSPS) is 15.3. The van der Waals surface area contributed by atoms with Crippen molar-refractivity contribution in [3.8, 4) is 0 Å². The molecule has 1 aliphatic rings. The molecule has 0 aliphatic carbocycles. The molecule has 2 heterocycles. The zero-order chi connectivity index (χ0) is 16.9. The summed E-state index contributed by atoms with van der Waals surface area (Å²) in [5.74, 6) is 1.79. The van der Waals surface area contributed by atoms with Gasteiger partial charge in [-0.25, -0.2) is 0 Å². The van der Waals surface area contributed by atoms with Crippen LogP contribution in [0.1, 0.15) is 11.5 Å². The van der Waals surface area contributed by atoms with Gasteiger partial charge in [0, 0.05) is 26.2 Å². The molecule has 2 aromatic rings. The van der Waals surface area contributed by atoms with E-state index < -0.39 is 0 Å². The highest BCUT2D eigenvalue weighted by atomic mass is 16.3. The number of hydrogen-bond donors (Lipinski definition) is 2. The minimum Gasteiger partial charge on any atom is -0.465 e. The maximum absolute atomic E-state index is 10.6. The largest absolute Gasteiger partial charge is 0.465 e. The predicted molar refractivity (Wildman–Crippen MR) is 97.9 cm³/mol. The van der Waals surface area contributed by atoms with Crippen molar-refractivity contribution in [2.75, 3.05) is 42.1 Å². The van der Waals surface area contributed by atoms with Crippen LogP contribution in [0.3, 0.4) is 0 Å². The highest BCUT2D eigenvalue weighted by molar-refractivity contribution is 6.64. The Balaban J connectivity index is 1.66. The van der Waals surface area contributed by atoms with E-state index in [1.54, 1.807) is 7.41 Å². The van der Waals surface area contributed by atoms with Crippen LogP contribution < -0.4 is 16.0 Å². The highest BCUT2D eigenvalue weighted by Gasteiger charge is 2.19. The Hall–Kier alpha value is -2.41. The summed E-state index contributed by atoms with van der Waals surface area (Å²) < 4.78 is 5.58. The average molecular weight is 325 g/mol. The van der Waals surface area contributed by atoms with Gasteiger partial charge in [-0.05, 0) is 31.2 Å². The lowest BCUT2D eigenvalue weighted by Gasteiger charge is -2.36. The molecule has 7 heteroatoms. The molecule has 6 nitrogen and oxygen atoms in total. The zero-order valence-corrected chi connectivity index (χ0v) is 13.9. The molecule has 1 radical (unpaired) electrons. The van der Waals surface area contributed by atoms with Crippen LogP contribution in [-0.4, -0.2) is 44.6 Å². The number of piperazine rings is 1. The van der Waals surface area contributed by atoms with Crippen LogP contribution in [-0.2, 0) is 11.3 Å². The number of carbonyl (C=O) groups excluding carboxylic acids is 1. The molecule has 0 saturated carbocycles. The zero-order valence-electron chi connectivity index (χ0n) is 13.9. The van der Waals surface area contributed by atoms with E-state index in [0.717, 1.165) is 60.9 Å². The number of nitrogen functional groups attached to an aromatic ring is 1. The average Bonchev–Trinajstić information content (AvgIpc) is 3.01. The molecule has 0 atom stereocenters. The van der Waals surface area contributed by atoms with Gasteiger partial charge in [-0.2, -0.15) is 0 Å². The summed E-state index contributed by atoms with van der Waals surface area (Å²) in [5, 5.41) is 3.34. The Morgan fingerprint density at radius 2 is 2.04 bits per heavy atom. The number of carbonyl (C=O) groups is 1. The number of nitrogens with two attached hydrogens (primary N) is 1. The molecule has 0 spiro atoms. The van der Waals surface area contributed by atoms with Crippen LogP contribution in [0.5, 0.6) is 0 Å². The second-order valence-electron chi connectivity index (χ2n) is 5.91. The van der Waals surface area contributed by atoms with Crippen LogP contribution >= 0.6 is 0 Å². The van der Waals surface area contributed by atoms with Gasteiger partial charge in [-0.1, -0.05) is 6.07 Å². The molecular weight excluding hydrogens is 303 g/mol. The van der Waals surface area contributed by atoms with E-state index in [0.29, 0.717) is 6.54 Å². The van der Waals surface area contributed by atoms with Gasteiger partial charge in [0.15, 0.2) is 0 Å². The topological polar surface area (TPSA) is 74.7 Å². The number of para-hydroxylation sites is 1. The minimum atomic E-state index is 0.601. The van der Waals surface area contributed by atoms with Crippen LogP contribution in [0.2, 0.25) is 0 Å². The molecule has 24 heavy (non-hydrogen) atoms. The standard InChI is InChI=1S/C17H22BN4O2/c1-13-5-6-14(24-13)11-20-15-3-2-4-16(17(15)19)21-7-9-22(10-8-21)18-12-23/h2-6,12,20H,7-11,19H2,1H3. The third-order valence-electron chi connectivity index (χ3n) is 4.26. The number of nitrogens with zero attached hydrogens (tertiary/aromatic N) is 2. The molecule has 1 aromatic carbocycles. The lowest BCUT2D eigenvalue weighted by Crippen LogP contribution is -2.48. The molecule has 0 amide bonds. The number of rotatable bonds is 6. The summed E-state index contributed by atoms with van der Waals surface area (Å²) in [4.78, 5) is 14.9. The van der Waals surface area contributed by atoms with Crippen molar-refractivity contribution >= 4 is 30.7 Å². The van der Waals surface area contributed by atoms with Gasteiger partial charge in [0.25, 0.3) is 7.41 Å². The first-order valence-corrected chi connectivity index (χ1v) is 8.12. The summed E-state index contributed by atoms with van der Waals surface area (Å²) in [6, 6.07) is 9.94. The fourth-order valence-electron chi connectivity index (χ4n) is 2.94. The first-order valence-electron chi connectivity index (χ1n) is 8.12. The Morgan fingerprint density at radius 1 is 1.25 bits per heavy atom. The molecule has 125 valence electrons. The van der Waals surface area contributed by atoms with Crippen molar-refractivity contribution in [3.63, 3.8) is 0 Å². The van der Waals surface area contributed by atoms with E-state index in [-0.39, 0.29) is 0 Å². The summed E-state index contributed by atoms with van der Waals surface area (Å²) in [5.41, 5.74) is 9.04. The van der Waals surface area contributed by atoms with Crippen LogP contribution in [0, 0.1) is 6.92 Å². The number of furan rings is 1. The van der Waals surface area contributed by atoms with Crippen molar-refractivity contribution < 1.29 is 9.21 Å².